The van der Waals surface area contributed by atoms with Crippen molar-refractivity contribution in [3.63, 3.8) is 0 Å². The van der Waals surface area contributed by atoms with Crippen LogP contribution in [-0.4, -0.2) is 50.3 Å². The zero-order chi connectivity index (χ0) is 18.8. The standard InChI is InChI=1S/C20H23N5O2/c1-3-27-16-9-5-4-8-15(16)20(26)25-12-6-7-14(13-25)17-18-19(24(2)23-17)22-11-10-21-18/h4-5,8-11,14H,3,6-7,12-13H2,1-2H3. The summed E-state index contributed by atoms with van der Waals surface area (Å²) in [6, 6.07) is 7.44. The van der Waals surface area contributed by atoms with Crippen molar-refractivity contribution in [3.05, 3.63) is 47.9 Å². The van der Waals surface area contributed by atoms with Gasteiger partial charge in [-0.15, -0.1) is 0 Å². The quantitative estimate of drug-likeness (QED) is 0.711. The number of likely N-dealkylation sites (tertiary alicyclic amines) is 1. The molecule has 1 fully saturated rings. The molecule has 0 saturated carbocycles. The van der Waals surface area contributed by atoms with Crippen molar-refractivity contribution < 1.29 is 9.53 Å². The Balaban J connectivity index is 1.61. The third-order valence-corrected chi connectivity index (χ3v) is 5.00. The van der Waals surface area contributed by atoms with Crippen molar-refractivity contribution in [2.45, 2.75) is 25.7 Å². The lowest BCUT2D eigenvalue weighted by Gasteiger charge is -2.32. The van der Waals surface area contributed by atoms with Gasteiger partial charge in [0.1, 0.15) is 11.3 Å². The predicted octanol–water partition coefficient (Wildman–Crippen LogP) is 2.78. The molecule has 1 aliphatic rings. The lowest BCUT2D eigenvalue weighted by molar-refractivity contribution is 0.0702. The van der Waals surface area contributed by atoms with Crippen LogP contribution in [0.3, 0.4) is 0 Å². The summed E-state index contributed by atoms with van der Waals surface area (Å²) in [4.78, 5) is 23.9. The fourth-order valence-electron chi connectivity index (χ4n) is 3.76. The molecule has 3 aromatic rings. The van der Waals surface area contributed by atoms with Crippen LogP contribution in [-0.2, 0) is 7.05 Å². The Labute approximate surface area is 158 Å². The van der Waals surface area contributed by atoms with Gasteiger partial charge >= 0.3 is 0 Å². The first-order chi connectivity index (χ1) is 13.2. The number of hydrogen-bond acceptors (Lipinski definition) is 5. The lowest BCUT2D eigenvalue weighted by atomic mass is 9.93. The topological polar surface area (TPSA) is 73.1 Å². The Kier molecular flexibility index (Phi) is 4.75. The molecule has 3 heterocycles. The zero-order valence-electron chi connectivity index (χ0n) is 15.6. The summed E-state index contributed by atoms with van der Waals surface area (Å²) in [5.41, 5.74) is 3.15. The van der Waals surface area contributed by atoms with Gasteiger partial charge in [-0.25, -0.2) is 14.6 Å². The van der Waals surface area contributed by atoms with Crippen LogP contribution in [0.4, 0.5) is 0 Å². The number of para-hydroxylation sites is 1. The minimum absolute atomic E-state index is 0.00932. The van der Waals surface area contributed by atoms with Crippen molar-refractivity contribution in [1.82, 2.24) is 24.6 Å². The number of benzene rings is 1. The monoisotopic (exact) mass is 365 g/mol. The maximum atomic E-state index is 13.1. The molecule has 1 aliphatic heterocycles. The van der Waals surface area contributed by atoms with Crippen molar-refractivity contribution in [3.8, 4) is 5.75 Å². The second-order valence-corrected chi connectivity index (χ2v) is 6.76. The first-order valence-corrected chi connectivity index (χ1v) is 9.33. The first-order valence-electron chi connectivity index (χ1n) is 9.33. The van der Waals surface area contributed by atoms with E-state index in [1.807, 2.05) is 43.1 Å². The van der Waals surface area contributed by atoms with Gasteiger partial charge in [-0.1, -0.05) is 12.1 Å². The number of fused-ring (bicyclic) bond motifs is 1. The van der Waals surface area contributed by atoms with Crippen LogP contribution in [0.5, 0.6) is 5.75 Å². The number of carbonyl (C=O) groups is 1. The van der Waals surface area contributed by atoms with E-state index in [1.54, 1.807) is 17.1 Å². The number of piperidine rings is 1. The summed E-state index contributed by atoms with van der Waals surface area (Å²) in [5.74, 6) is 0.804. The summed E-state index contributed by atoms with van der Waals surface area (Å²) in [5, 5.41) is 4.66. The normalized spacial score (nSPS) is 17.3. The van der Waals surface area contributed by atoms with Crippen LogP contribution < -0.4 is 4.74 Å². The molecule has 7 nitrogen and oxygen atoms in total. The molecule has 2 aromatic heterocycles. The third-order valence-electron chi connectivity index (χ3n) is 5.00. The summed E-state index contributed by atoms with van der Waals surface area (Å²) in [6.45, 7) is 3.82. The number of aryl methyl sites for hydroxylation is 1. The van der Waals surface area contributed by atoms with Crippen molar-refractivity contribution in [1.29, 1.82) is 0 Å². The number of carbonyl (C=O) groups excluding carboxylic acids is 1. The van der Waals surface area contributed by atoms with Crippen LogP contribution in [0, 0.1) is 0 Å². The van der Waals surface area contributed by atoms with Crippen molar-refractivity contribution >= 4 is 17.1 Å². The summed E-state index contributed by atoms with van der Waals surface area (Å²) in [7, 11) is 1.88. The Hall–Kier alpha value is -2.96. The number of rotatable bonds is 4. The maximum Gasteiger partial charge on any atom is 0.257 e. The fourth-order valence-corrected chi connectivity index (χ4v) is 3.76. The third kappa shape index (κ3) is 3.25. The van der Waals surface area contributed by atoms with Gasteiger partial charge < -0.3 is 9.64 Å². The fraction of sp³-hybridized carbons (Fsp3) is 0.400. The number of hydrogen-bond donors (Lipinski definition) is 0. The minimum atomic E-state index is 0.00932. The van der Waals surface area contributed by atoms with Crippen LogP contribution in [0.1, 0.15) is 41.7 Å². The van der Waals surface area contributed by atoms with Gasteiger partial charge in [0.15, 0.2) is 5.65 Å². The van der Waals surface area contributed by atoms with Gasteiger partial charge in [0.05, 0.1) is 17.9 Å². The Bertz CT molecular complexity index is 968. The molecule has 140 valence electrons. The summed E-state index contributed by atoms with van der Waals surface area (Å²) >= 11 is 0. The molecule has 0 radical (unpaired) electrons. The minimum Gasteiger partial charge on any atom is -0.493 e. The van der Waals surface area contributed by atoms with E-state index < -0.39 is 0 Å². The SMILES string of the molecule is CCOc1ccccc1C(=O)N1CCCC(c2nn(C)c3nccnc23)C1. The van der Waals surface area contributed by atoms with E-state index in [9.17, 15) is 4.79 Å². The van der Waals surface area contributed by atoms with E-state index in [1.165, 1.54) is 0 Å². The summed E-state index contributed by atoms with van der Waals surface area (Å²) < 4.78 is 7.41. The Morgan fingerprint density at radius 1 is 1.26 bits per heavy atom. The number of ether oxygens (including phenoxy) is 1. The maximum absolute atomic E-state index is 13.1. The summed E-state index contributed by atoms with van der Waals surface area (Å²) in [6.07, 6.45) is 5.29. The second-order valence-electron chi connectivity index (χ2n) is 6.76. The van der Waals surface area contributed by atoms with E-state index in [-0.39, 0.29) is 11.8 Å². The van der Waals surface area contributed by atoms with Gasteiger partial charge in [0.2, 0.25) is 0 Å². The second kappa shape index (κ2) is 7.34. The zero-order valence-corrected chi connectivity index (χ0v) is 15.6. The largest absolute Gasteiger partial charge is 0.493 e. The molecule has 4 rings (SSSR count). The van der Waals surface area contributed by atoms with Crippen LogP contribution in [0.15, 0.2) is 36.7 Å². The van der Waals surface area contributed by atoms with E-state index in [0.717, 1.165) is 36.2 Å². The van der Waals surface area contributed by atoms with Gasteiger partial charge in [-0.3, -0.25) is 4.79 Å². The Morgan fingerprint density at radius 3 is 2.93 bits per heavy atom. The molecule has 1 unspecified atom stereocenters. The highest BCUT2D eigenvalue weighted by Gasteiger charge is 2.30. The highest BCUT2D eigenvalue weighted by atomic mass is 16.5. The van der Waals surface area contributed by atoms with Gasteiger partial charge in [-0.2, -0.15) is 5.10 Å². The van der Waals surface area contributed by atoms with Crippen molar-refractivity contribution in [2.24, 2.45) is 7.05 Å². The number of aromatic nitrogens is 4. The molecular weight excluding hydrogens is 342 g/mol. The van der Waals surface area contributed by atoms with Crippen molar-refractivity contribution in [2.75, 3.05) is 19.7 Å². The molecular formula is C20H23N5O2. The molecule has 27 heavy (non-hydrogen) atoms. The molecule has 1 amide bonds. The number of nitrogens with zero attached hydrogens (tertiary/aromatic N) is 5. The lowest BCUT2D eigenvalue weighted by Crippen LogP contribution is -2.39. The molecule has 1 saturated heterocycles. The van der Waals surface area contributed by atoms with Gasteiger partial charge in [0, 0.05) is 38.4 Å². The van der Waals surface area contributed by atoms with Gasteiger partial charge in [0.25, 0.3) is 5.91 Å². The average Bonchev–Trinajstić information content (AvgIpc) is 3.05. The van der Waals surface area contributed by atoms with Crippen LogP contribution >= 0.6 is 0 Å². The molecule has 0 N–H and O–H groups in total. The molecule has 0 aliphatic carbocycles. The van der Waals surface area contributed by atoms with E-state index in [4.69, 9.17) is 4.74 Å². The average molecular weight is 365 g/mol. The molecule has 0 bridgehead atoms. The van der Waals surface area contributed by atoms with E-state index >= 15 is 0 Å². The Morgan fingerprint density at radius 2 is 2.07 bits per heavy atom. The first kappa shape index (κ1) is 17.5. The van der Waals surface area contributed by atoms with Crippen LogP contribution in [0.25, 0.3) is 11.2 Å². The molecule has 1 atom stereocenters. The smallest absolute Gasteiger partial charge is 0.257 e. The molecule has 0 spiro atoms. The van der Waals surface area contributed by atoms with E-state index in [2.05, 4.69) is 15.1 Å². The number of amides is 1. The predicted molar refractivity (Wildman–Crippen MR) is 102 cm³/mol. The van der Waals surface area contributed by atoms with Gasteiger partial charge in [-0.05, 0) is 31.9 Å². The molecule has 7 heteroatoms. The highest BCUT2D eigenvalue weighted by Crippen LogP contribution is 2.31. The van der Waals surface area contributed by atoms with E-state index in [0.29, 0.717) is 24.5 Å². The molecule has 1 aromatic carbocycles. The highest BCUT2D eigenvalue weighted by molar-refractivity contribution is 5.97. The van der Waals surface area contributed by atoms with Crippen LogP contribution in [0.2, 0.25) is 0 Å².